The number of hydrogen-bond donors (Lipinski definition) is 0. The van der Waals surface area contributed by atoms with Gasteiger partial charge < -0.3 is 13.8 Å². The molecule has 0 unspecified atom stereocenters. The molecule has 0 aliphatic carbocycles. The van der Waals surface area contributed by atoms with Crippen LogP contribution in [0.5, 0.6) is 0 Å². The van der Waals surface area contributed by atoms with E-state index in [1.807, 2.05) is 0 Å². The van der Waals surface area contributed by atoms with Crippen LogP contribution in [0.15, 0.2) is 0 Å². The molecular weight excluding hydrogens is 191 g/mol. The molecule has 0 spiro atoms. The molecule has 0 saturated carbocycles. The summed E-state index contributed by atoms with van der Waals surface area (Å²) < 4.78 is 26.2. The Kier molecular flexibility index (Phi) is 7.57. The number of rotatable bonds is 8. The second-order valence-electron chi connectivity index (χ2n) is 2.67. The Balaban J connectivity index is 3.45. The van der Waals surface area contributed by atoms with Crippen molar-refractivity contribution in [3.05, 3.63) is 0 Å². The predicted octanol–water partition coefficient (Wildman–Crippen LogP) is 2.29. The first-order chi connectivity index (χ1) is 6.18. The van der Waals surface area contributed by atoms with Gasteiger partial charge in [-0.15, -0.1) is 0 Å². The number of ether oxygens (including phenoxy) is 1. The highest BCUT2D eigenvalue weighted by Gasteiger charge is 2.19. The van der Waals surface area contributed by atoms with E-state index < -0.39 is 7.60 Å². The van der Waals surface area contributed by atoms with Crippen LogP contribution in [-0.4, -0.2) is 33.6 Å². The van der Waals surface area contributed by atoms with E-state index in [1.165, 1.54) is 14.2 Å². The van der Waals surface area contributed by atoms with Crippen LogP contribution < -0.4 is 0 Å². The maximum Gasteiger partial charge on any atom is 0.332 e. The molecule has 0 aromatic rings. The van der Waals surface area contributed by atoms with Gasteiger partial charge in [0.1, 0.15) is 0 Å². The van der Waals surface area contributed by atoms with Crippen LogP contribution in [0, 0.1) is 0 Å². The summed E-state index contributed by atoms with van der Waals surface area (Å²) in [5.74, 6) is 0. The Bertz CT molecular complexity index is 152. The van der Waals surface area contributed by atoms with E-state index in [0.29, 0.717) is 19.4 Å². The van der Waals surface area contributed by atoms with Crippen molar-refractivity contribution in [2.75, 3.05) is 33.6 Å². The molecule has 0 rings (SSSR count). The van der Waals surface area contributed by atoms with Gasteiger partial charge in [-0.3, -0.25) is 4.57 Å². The SMILES string of the molecule is CCCCOCCP(=O)(OC)OC. The van der Waals surface area contributed by atoms with Crippen molar-refractivity contribution in [3.8, 4) is 0 Å². The molecule has 0 atom stereocenters. The van der Waals surface area contributed by atoms with Crippen LogP contribution in [0.4, 0.5) is 0 Å². The summed E-state index contributed by atoms with van der Waals surface area (Å²) in [5, 5.41) is 0. The molecule has 0 aromatic heterocycles. The Morgan fingerprint density at radius 3 is 2.23 bits per heavy atom. The van der Waals surface area contributed by atoms with Gasteiger partial charge in [0.05, 0.1) is 12.8 Å². The molecule has 0 heterocycles. The monoisotopic (exact) mass is 210 g/mol. The second kappa shape index (κ2) is 7.51. The van der Waals surface area contributed by atoms with Crippen molar-refractivity contribution in [2.24, 2.45) is 0 Å². The summed E-state index contributed by atoms with van der Waals surface area (Å²) >= 11 is 0. The van der Waals surface area contributed by atoms with E-state index in [2.05, 4.69) is 6.92 Å². The first-order valence-electron chi connectivity index (χ1n) is 4.46. The van der Waals surface area contributed by atoms with Crippen molar-refractivity contribution >= 4 is 7.60 Å². The first kappa shape index (κ1) is 13.1. The fraction of sp³-hybridized carbons (Fsp3) is 1.00. The third-order valence-corrected chi connectivity index (χ3v) is 3.55. The van der Waals surface area contributed by atoms with Gasteiger partial charge in [0.25, 0.3) is 0 Å². The highest BCUT2D eigenvalue weighted by atomic mass is 31.2. The largest absolute Gasteiger partial charge is 0.381 e. The summed E-state index contributed by atoms with van der Waals surface area (Å²) in [4.78, 5) is 0. The average molecular weight is 210 g/mol. The summed E-state index contributed by atoms with van der Waals surface area (Å²) in [7, 11) is -0.0843. The molecule has 0 aliphatic heterocycles. The third kappa shape index (κ3) is 6.22. The Morgan fingerprint density at radius 2 is 1.77 bits per heavy atom. The van der Waals surface area contributed by atoms with E-state index in [-0.39, 0.29) is 0 Å². The minimum atomic E-state index is -2.85. The summed E-state index contributed by atoms with van der Waals surface area (Å²) in [5.41, 5.74) is 0. The van der Waals surface area contributed by atoms with Crippen LogP contribution in [0.3, 0.4) is 0 Å². The molecule has 0 bridgehead atoms. The molecule has 0 aliphatic rings. The fourth-order valence-corrected chi connectivity index (χ4v) is 1.65. The topological polar surface area (TPSA) is 44.8 Å². The zero-order valence-corrected chi connectivity index (χ0v) is 9.51. The van der Waals surface area contributed by atoms with Gasteiger partial charge in [0, 0.05) is 20.8 Å². The lowest BCUT2D eigenvalue weighted by Gasteiger charge is -2.13. The van der Waals surface area contributed by atoms with E-state index >= 15 is 0 Å². The number of unbranched alkanes of at least 4 members (excludes halogenated alkanes) is 1. The molecule has 0 saturated heterocycles. The van der Waals surface area contributed by atoms with Crippen molar-refractivity contribution in [3.63, 3.8) is 0 Å². The zero-order valence-electron chi connectivity index (χ0n) is 8.62. The van der Waals surface area contributed by atoms with Crippen molar-refractivity contribution < 1.29 is 18.3 Å². The average Bonchev–Trinajstić information content (AvgIpc) is 2.17. The summed E-state index contributed by atoms with van der Waals surface area (Å²) in [6.07, 6.45) is 2.46. The maximum absolute atomic E-state index is 11.5. The van der Waals surface area contributed by atoms with Gasteiger partial charge in [-0.05, 0) is 6.42 Å². The van der Waals surface area contributed by atoms with Crippen LogP contribution >= 0.6 is 7.60 Å². The molecule has 13 heavy (non-hydrogen) atoms. The zero-order chi connectivity index (χ0) is 10.2. The smallest absolute Gasteiger partial charge is 0.332 e. The first-order valence-corrected chi connectivity index (χ1v) is 6.19. The van der Waals surface area contributed by atoms with Crippen molar-refractivity contribution in [1.29, 1.82) is 0 Å². The molecular formula is C8H19O4P. The molecule has 5 heteroatoms. The highest BCUT2D eigenvalue weighted by molar-refractivity contribution is 7.53. The van der Waals surface area contributed by atoms with E-state index in [0.717, 1.165) is 12.8 Å². The minimum absolute atomic E-state index is 0.323. The number of hydrogen-bond acceptors (Lipinski definition) is 4. The van der Waals surface area contributed by atoms with Crippen LogP contribution in [0.2, 0.25) is 0 Å². The van der Waals surface area contributed by atoms with Gasteiger partial charge in [0.15, 0.2) is 0 Å². The van der Waals surface area contributed by atoms with Gasteiger partial charge in [-0.2, -0.15) is 0 Å². The van der Waals surface area contributed by atoms with Crippen LogP contribution in [0.25, 0.3) is 0 Å². The van der Waals surface area contributed by atoms with Crippen molar-refractivity contribution in [1.82, 2.24) is 0 Å². The molecule has 0 aromatic carbocycles. The molecule has 0 fully saturated rings. The molecule has 0 radical (unpaired) electrons. The van der Waals surface area contributed by atoms with Gasteiger partial charge in [-0.25, -0.2) is 0 Å². The van der Waals surface area contributed by atoms with Crippen LogP contribution in [-0.2, 0) is 18.3 Å². The standard InChI is InChI=1S/C8H19O4P/c1-4-5-6-12-7-8-13(9,10-2)11-3/h4-8H2,1-3H3. The summed E-state index contributed by atoms with van der Waals surface area (Å²) in [6.45, 7) is 3.24. The molecule has 4 nitrogen and oxygen atoms in total. The fourth-order valence-electron chi connectivity index (χ4n) is 0.782. The van der Waals surface area contributed by atoms with Gasteiger partial charge >= 0.3 is 7.60 Å². The molecule has 0 amide bonds. The van der Waals surface area contributed by atoms with E-state index in [1.54, 1.807) is 0 Å². The van der Waals surface area contributed by atoms with Gasteiger partial charge in [0.2, 0.25) is 0 Å². The predicted molar refractivity (Wildman–Crippen MR) is 52.2 cm³/mol. The lowest BCUT2D eigenvalue weighted by molar-refractivity contribution is 0.140. The van der Waals surface area contributed by atoms with Gasteiger partial charge in [-0.1, -0.05) is 13.3 Å². The molecule has 0 N–H and O–H groups in total. The third-order valence-electron chi connectivity index (χ3n) is 1.71. The minimum Gasteiger partial charge on any atom is -0.381 e. The van der Waals surface area contributed by atoms with E-state index in [9.17, 15) is 4.57 Å². The lowest BCUT2D eigenvalue weighted by atomic mass is 10.4. The van der Waals surface area contributed by atoms with Crippen molar-refractivity contribution in [2.45, 2.75) is 19.8 Å². The highest BCUT2D eigenvalue weighted by Crippen LogP contribution is 2.45. The Labute approximate surface area is 80.1 Å². The maximum atomic E-state index is 11.5. The lowest BCUT2D eigenvalue weighted by Crippen LogP contribution is -2.04. The Hall–Kier alpha value is 0.110. The quantitative estimate of drug-likeness (QED) is 0.455. The van der Waals surface area contributed by atoms with Crippen LogP contribution in [0.1, 0.15) is 19.8 Å². The normalized spacial score (nSPS) is 11.9. The molecule has 80 valence electrons. The summed E-state index contributed by atoms with van der Waals surface area (Å²) in [6, 6.07) is 0. The Morgan fingerprint density at radius 1 is 1.15 bits per heavy atom. The second-order valence-corrected chi connectivity index (χ2v) is 5.06. The van der Waals surface area contributed by atoms with E-state index in [4.69, 9.17) is 13.8 Å².